The Kier molecular flexibility index (Phi) is 3.68. The monoisotopic (exact) mass is 194 g/mol. The maximum atomic E-state index is 5.97. The van der Waals surface area contributed by atoms with Gasteiger partial charge >= 0.3 is 0 Å². The smallest absolute Gasteiger partial charge is 0.151 e. The number of rotatable bonds is 4. The highest BCUT2D eigenvalue weighted by Crippen LogP contribution is 2.22. The van der Waals surface area contributed by atoms with Gasteiger partial charge in [0.1, 0.15) is 0 Å². The largest absolute Gasteiger partial charge is 0.397 e. The van der Waals surface area contributed by atoms with Crippen LogP contribution in [0.1, 0.15) is 37.9 Å². The van der Waals surface area contributed by atoms with E-state index in [1.165, 1.54) is 0 Å². The fraction of sp³-hybridized carbons (Fsp3) is 0.600. The average Bonchev–Trinajstić information content (AvgIpc) is 2.17. The lowest BCUT2D eigenvalue weighted by molar-refractivity contribution is 0.826. The van der Waals surface area contributed by atoms with Crippen molar-refractivity contribution < 1.29 is 0 Å². The summed E-state index contributed by atoms with van der Waals surface area (Å²) in [4.78, 5) is 0. The van der Waals surface area contributed by atoms with Crippen LogP contribution in [0.15, 0.2) is 0 Å². The van der Waals surface area contributed by atoms with E-state index in [9.17, 15) is 0 Å². The third kappa shape index (κ3) is 2.13. The Morgan fingerprint density at radius 2 is 1.64 bits per heavy atom. The Morgan fingerprint density at radius 3 is 2.21 bits per heavy atom. The lowest BCUT2D eigenvalue weighted by Crippen LogP contribution is -2.09. The molecule has 0 aliphatic heterocycles. The third-order valence-electron chi connectivity index (χ3n) is 2.21. The molecule has 4 N–H and O–H groups in total. The van der Waals surface area contributed by atoms with Crippen LogP contribution in [0, 0.1) is 0 Å². The van der Waals surface area contributed by atoms with Crippen molar-refractivity contribution in [2.24, 2.45) is 0 Å². The van der Waals surface area contributed by atoms with Crippen LogP contribution in [-0.4, -0.2) is 10.2 Å². The van der Waals surface area contributed by atoms with Crippen LogP contribution >= 0.6 is 0 Å². The summed E-state index contributed by atoms with van der Waals surface area (Å²) < 4.78 is 0. The predicted molar refractivity (Wildman–Crippen MR) is 58.8 cm³/mol. The predicted octanol–water partition coefficient (Wildman–Crippen LogP) is 1.55. The summed E-state index contributed by atoms with van der Waals surface area (Å²) >= 11 is 0. The lowest BCUT2D eigenvalue weighted by atomic mass is 10.1. The minimum absolute atomic E-state index is 0.476. The molecule has 0 aliphatic carbocycles. The Morgan fingerprint density at radius 1 is 1.00 bits per heavy atom. The average molecular weight is 194 g/mol. The first-order chi connectivity index (χ1) is 6.70. The highest BCUT2D eigenvalue weighted by Gasteiger charge is 2.10. The topological polar surface area (TPSA) is 77.8 Å². The van der Waals surface area contributed by atoms with Crippen LogP contribution in [0.25, 0.3) is 0 Å². The van der Waals surface area contributed by atoms with E-state index in [4.69, 9.17) is 11.5 Å². The van der Waals surface area contributed by atoms with E-state index in [1.807, 2.05) is 0 Å². The Balaban J connectivity index is 3.05. The Hall–Kier alpha value is -1.32. The van der Waals surface area contributed by atoms with Crippen molar-refractivity contribution in [2.75, 3.05) is 11.5 Å². The molecular weight excluding hydrogens is 176 g/mol. The van der Waals surface area contributed by atoms with Crippen molar-refractivity contribution in [1.29, 1.82) is 0 Å². The Labute approximate surface area is 84.7 Å². The number of hydrogen-bond acceptors (Lipinski definition) is 4. The number of anilines is 2. The SMILES string of the molecule is CCCc1nnc(N)c(CCC)c1N. The van der Waals surface area contributed by atoms with Crippen LogP contribution < -0.4 is 11.5 Å². The molecule has 4 nitrogen and oxygen atoms in total. The minimum Gasteiger partial charge on any atom is -0.397 e. The number of nitrogens with two attached hydrogens (primary N) is 2. The number of aromatic nitrogens is 2. The number of hydrogen-bond donors (Lipinski definition) is 2. The molecule has 1 aromatic heterocycles. The Bertz CT molecular complexity index is 309. The zero-order valence-electron chi connectivity index (χ0n) is 8.88. The molecule has 0 saturated heterocycles. The van der Waals surface area contributed by atoms with Crippen LogP contribution in [0.5, 0.6) is 0 Å². The molecular formula is C10H18N4. The van der Waals surface area contributed by atoms with Crippen LogP contribution in [-0.2, 0) is 12.8 Å². The summed E-state index contributed by atoms with van der Waals surface area (Å²) in [7, 11) is 0. The second-order valence-corrected chi connectivity index (χ2v) is 3.42. The van der Waals surface area contributed by atoms with Gasteiger partial charge in [-0.3, -0.25) is 0 Å². The van der Waals surface area contributed by atoms with Gasteiger partial charge in [0.15, 0.2) is 5.82 Å². The standard InChI is InChI=1S/C10H18N4/c1-3-5-7-9(11)8(6-4-2)13-14-10(7)12/h3-6H2,1-2H3,(H4,11,12,14). The first-order valence-corrected chi connectivity index (χ1v) is 5.10. The molecule has 0 fully saturated rings. The molecule has 0 spiro atoms. The van der Waals surface area contributed by atoms with Crippen molar-refractivity contribution >= 4 is 11.5 Å². The van der Waals surface area contributed by atoms with Crippen molar-refractivity contribution in [1.82, 2.24) is 10.2 Å². The second kappa shape index (κ2) is 4.79. The summed E-state index contributed by atoms with van der Waals surface area (Å²) in [5.41, 5.74) is 14.3. The zero-order chi connectivity index (χ0) is 10.6. The number of aryl methyl sites for hydroxylation is 1. The molecule has 0 aliphatic rings. The van der Waals surface area contributed by atoms with Gasteiger partial charge in [0.2, 0.25) is 0 Å². The van der Waals surface area contributed by atoms with Crippen LogP contribution in [0.2, 0.25) is 0 Å². The molecule has 0 unspecified atom stereocenters. The van der Waals surface area contributed by atoms with E-state index in [-0.39, 0.29) is 0 Å². The van der Waals surface area contributed by atoms with E-state index < -0.39 is 0 Å². The summed E-state index contributed by atoms with van der Waals surface area (Å²) in [6, 6.07) is 0. The van der Waals surface area contributed by atoms with Gasteiger partial charge in [-0.25, -0.2) is 0 Å². The zero-order valence-corrected chi connectivity index (χ0v) is 8.88. The second-order valence-electron chi connectivity index (χ2n) is 3.42. The van der Waals surface area contributed by atoms with E-state index in [0.29, 0.717) is 5.82 Å². The maximum absolute atomic E-state index is 5.97. The van der Waals surface area contributed by atoms with Gasteiger partial charge in [-0.2, -0.15) is 5.10 Å². The van der Waals surface area contributed by atoms with Gasteiger partial charge < -0.3 is 11.5 Å². The first kappa shape index (κ1) is 10.8. The van der Waals surface area contributed by atoms with E-state index in [0.717, 1.165) is 42.6 Å². The molecule has 1 heterocycles. The van der Waals surface area contributed by atoms with Crippen molar-refractivity contribution in [3.8, 4) is 0 Å². The molecule has 0 atom stereocenters. The summed E-state index contributed by atoms with van der Waals surface area (Å²) in [6.45, 7) is 4.19. The molecule has 14 heavy (non-hydrogen) atoms. The van der Waals surface area contributed by atoms with Crippen LogP contribution in [0.3, 0.4) is 0 Å². The molecule has 1 rings (SSSR count). The maximum Gasteiger partial charge on any atom is 0.151 e. The third-order valence-corrected chi connectivity index (χ3v) is 2.21. The van der Waals surface area contributed by atoms with Crippen molar-refractivity contribution in [3.05, 3.63) is 11.3 Å². The highest BCUT2D eigenvalue weighted by atomic mass is 15.1. The molecule has 0 radical (unpaired) electrons. The molecule has 0 amide bonds. The highest BCUT2D eigenvalue weighted by molar-refractivity contribution is 5.59. The summed E-state index contributed by atoms with van der Waals surface area (Å²) in [6.07, 6.45) is 3.79. The summed E-state index contributed by atoms with van der Waals surface area (Å²) in [5.74, 6) is 0.476. The quantitative estimate of drug-likeness (QED) is 0.762. The van der Waals surface area contributed by atoms with E-state index in [2.05, 4.69) is 24.0 Å². The van der Waals surface area contributed by atoms with E-state index >= 15 is 0 Å². The van der Waals surface area contributed by atoms with Gasteiger partial charge in [0, 0.05) is 5.56 Å². The van der Waals surface area contributed by atoms with Crippen molar-refractivity contribution in [3.63, 3.8) is 0 Å². The minimum atomic E-state index is 0.476. The molecule has 0 saturated carbocycles. The molecule has 0 aromatic carbocycles. The number of nitrogens with zero attached hydrogens (tertiary/aromatic N) is 2. The molecule has 4 heteroatoms. The van der Waals surface area contributed by atoms with E-state index in [1.54, 1.807) is 0 Å². The van der Waals surface area contributed by atoms with Gasteiger partial charge in [-0.15, -0.1) is 5.10 Å². The fourth-order valence-corrected chi connectivity index (χ4v) is 1.47. The summed E-state index contributed by atoms with van der Waals surface area (Å²) in [5, 5.41) is 7.94. The van der Waals surface area contributed by atoms with Crippen molar-refractivity contribution in [2.45, 2.75) is 39.5 Å². The van der Waals surface area contributed by atoms with Gasteiger partial charge in [0.05, 0.1) is 11.4 Å². The fourth-order valence-electron chi connectivity index (χ4n) is 1.47. The lowest BCUT2D eigenvalue weighted by Gasteiger charge is -2.09. The molecule has 78 valence electrons. The molecule has 1 aromatic rings. The first-order valence-electron chi connectivity index (χ1n) is 5.10. The van der Waals surface area contributed by atoms with Gasteiger partial charge in [-0.05, 0) is 12.8 Å². The molecule has 0 bridgehead atoms. The van der Waals surface area contributed by atoms with Gasteiger partial charge in [0.25, 0.3) is 0 Å². The van der Waals surface area contributed by atoms with Gasteiger partial charge in [-0.1, -0.05) is 26.7 Å². The van der Waals surface area contributed by atoms with Crippen LogP contribution in [0.4, 0.5) is 11.5 Å². The number of nitrogen functional groups attached to an aromatic ring is 2. The normalized spacial score (nSPS) is 10.4.